The van der Waals surface area contributed by atoms with Gasteiger partial charge in [-0.3, -0.25) is 10.1 Å². The van der Waals surface area contributed by atoms with Crippen molar-refractivity contribution >= 4 is 45.3 Å². The Morgan fingerprint density at radius 1 is 1.43 bits per heavy atom. The van der Waals surface area contributed by atoms with Gasteiger partial charge in [0.15, 0.2) is 0 Å². The third-order valence-corrected chi connectivity index (χ3v) is 4.84. The molecule has 1 N–H and O–H groups in total. The Morgan fingerprint density at radius 2 is 2.14 bits per heavy atom. The summed E-state index contributed by atoms with van der Waals surface area (Å²) < 4.78 is 14.0. The summed E-state index contributed by atoms with van der Waals surface area (Å²) in [4.78, 5) is 11.7. The van der Waals surface area contributed by atoms with Gasteiger partial charge in [-0.2, -0.15) is 0 Å². The van der Waals surface area contributed by atoms with E-state index in [9.17, 15) is 14.5 Å². The fourth-order valence-corrected chi connectivity index (χ4v) is 3.40. The van der Waals surface area contributed by atoms with Crippen molar-refractivity contribution in [1.29, 1.82) is 0 Å². The first-order chi connectivity index (χ1) is 9.90. The Morgan fingerprint density at radius 3 is 2.67 bits per heavy atom. The minimum Gasteiger partial charge on any atom is -0.372 e. The van der Waals surface area contributed by atoms with Crippen LogP contribution in [0.2, 0.25) is 0 Å². The SMILES string of the molecule is CC(C)C(Nc1cc(F)c(I)cc1[N+](=O)[O-])c1cccs1. The van der Waals surface area contributed by atoms with Crippen LogP contribution in [0.5, 0.6) is 0 Å². The number of nitrogens with zero attached hydrogens (tertiary/aromatic N) is 1. The lowest BCUT2D eigenvalue weighted by Crippen LogP contribution is -2.16. The molecule has 0 aliphatic heterocycles. The van der Waals surface area contributed by atoms with Crippen molar-refractivity contribution in [2.24, 2.45) is 5.92 Å². The Balaban J connectivity index is 2.41. The van der Waals surface area contributed by atoms with Crippen LogP contribution in [-0.2, 0) is 0 Å². The number of benzene rings is 1. The van der Waals surface area contributed by atoms with Gasteiger partial charge in [-0.1, -0.05) is 19.9 Å². The maximum Gasteiger partial charge on any atom is 0.293 e. The van der Waals surface area contributed by atoms with Crippen molar-refractivity contribution < 1.29 is 9.31 Å². The molecule has 1 heterocycles. The zero-order chi connectivity index (χ0) is 15.6. The molecule has 2 rings (SSSR count). The number of anilines is 1. The van der Waals surface area contributed by atoms with Crippen molar-refractivity contribution in [3.05, 3.63) is 54.0 Å². The average molecular weight is 420 g/mol. The first-order valence-electron chi connectivity index (χ1n) is 6.33. The molecule has 1 aromatic carbocycles. The number of thiophene rings is 1. The summed E-state index contributed by atoms with van der Waals surface area (Å²) in [5.74, 6) is -0.247. The molecular weight excluding hydrogens is 406 g/mol. The van der Waals surface area contributed by atoms with Gasteiger partial charge in [-0.05, 0) is 40.0 Å². The second kappa shape index (κ2) is 6.69. The van der Waals surface area contributed by atoms with Crippen LogP contribution >= 0.6 is 33.9 Å². The van der Waals surface area contributed by atoms with E-state index < -0.39 is 10.7 Å². The first-order valence-corrected chi connectivity index (χ1v) is 8.29. The molecular formula is C14H14FIN2O2S. The van der Waals surface area contributed by atoms with E-state index in [0.717, 1.165) is 4.88 Å². The lowest BCUT2D eigenvalue weighted by atomic mass is 10.0. The summed E-state index contributed by atoms with van der Waals surface area (Å²) in [6.07, 6.45) is 0. The van der Waals surface area contributed by atoms with Gasteiger partial charge >= 0.3 is 0 Å². The molecule has 0 radical (unpaired) electrons. The standard InChI is InChI=1S/C14H14FIN2O2S/c1-8(2)14(13-4-3-5-21-13)17-11-6-9(15)10(16)7-12(11)18(19)20/h3-8,14,17H,1-2H3. The van der Waals surface area contributed by atoms with Crippen molar-refractivity contribution in [1.82, 2.24) is 0 Å². The van der Waals surface area contributed by atoms with Gasteiger partial charge in [-0.25, -0.2) is 4.39 Å². The molecule has 112 valence electrons. The predicted molar refractivity (Wildman–Crippen MR) is 91.3 cm³/mol. The first kappa shape index (κ1) is 16.2. The van der Waals surface area contributed by atoms with Crippen LogP contribution in [-0.4, -0.2) is 4.92 Å². The number of hydrogen-bond donors (Lipinski definition) is 1. The Hall–Kier alpha value is -1.22. The molecule has 0 bridgehead atoms. The second-order valence-corrected chi connectivity index (χ2v) is 7.06. The molecule has 4 nitrogen and oxygen atoms in total. The van der Waals surface area contributed by atoms with Crippen LogP contribution < -0.4 is 5.32 Å². The summed E-state index contributed by atoms with van der Waals surface area (Å²) in [6, 6.07) is 6.26. The topological polar surface area (TPSA) is 55.2 Å². The van der Waals surface area contributed by atoms with Crippen LogP contribution in [0.25, 0.3) is 0 Å². The molecule has 1 aromatic heterocycles. The number of rotatable bonds is 5. The summed E-state index contributed by atoms with van der Waals surface area (Å²) in [5, 5.41) is 16.2. The molecule has 2 aromatic rings. The Bertz CT molecular complexity index is 647. The van der Waals surface area contributed by atoms with Crippen molar-refractivity contribution in [2.75, 3.05) is 5.32 Å². The zero-order valence-electron chi connectivity index (χ0n) is 11.5. The third-order valence-electron chi connectivity index (χ3n) is 3.06. The molecule has 0 spiro atoms. The van der Waals surface area contributed by atoms with Gasteiger partial charge in [0.25, 0.3) is 5.69 Å². The molecule has 1 atom stereocenters. The maximum atomic E-state index is 13.7. The zero-order valence-corrected chi connectivity index (χ0v) is 14.4. The molecule has 21 heavy (non-hydrogen) atoms. The largest absolute Gasteiger partial charge is 0.372 e. The quantitative estimate of drug-likeness (QED) is 0.411. The monoisotopic (exact) mass is 420 g/mol. The van der Waals surface area contributed by atoms with Crippen LogP contribution in [0.3, 0.4) is 0 Å². The molecule has 0 saturated heterocycles. The molecule has 0 amide bonds. The van der Waals surface area contributed by atoms with E-state index in [0.29, 0.717) is 0 Å². The van der Waals surface area contributed by atoms with E-state index in [2.05, 4.69) is 5.32 Å². The van der Waals surface area contributed by atoms with E-state index in [1.54, 1.807) is 33.9 Å². The smallest absolute Gasteiger partial charge is 0.293 e. The van der Waals surface area contributed by atoms with Gasteiger partial charge in [0, 0.05) is 17.0 Å². The summed E-state index contributed by atoms with van der Waals surface area (Å²) in [5.41, 5.74) is 0.105. The molecule has 0 fully saturated rings. The number of hydrogen-bond acceptors (Lipinski definition) is 4. The van der Waals surface area contributed by atoms with Gasteiger partial charge in [0.1, 0.15) is 11.5 Å². The minimum absolute atomic E-state index is 0.0943. The van der Waals surface area contributed by atoms with Gasteiger partial charge in [-0.15, -0.1) is 11.3 Å². The molecule has 0 aliphatic rings. The van der Waals surface area contributed by atoms with Crippen molar-refractivity contribution in [2.45, 2.75) is 19.9 Å². The fraction of sp³-hybridized carbons (Fsp3) is 0.286. The second-order valence-electron chi connectivity index (χ2n) is 4.92. The highest BCUT2D eigenvalue weighted by Crippen LogP contribution is 2.35. The maximum absolute atomic E-state index is 13.7. The fourth-order valence-electron chi connectivity index (χ4n) is 2.01. The summed E-state index contributed by atoms with van der Waals surface area (Å²) in [7, 11) is 0. The van der Waals surface area contributed by atoms with Gasteiger partial charge < -0.3 is 5.32 Å². The molecule has 7 heteroatoms. The molecule has 0 aliphatic carbocycles. The number of halogens is 2. The van der Waals surface area contributed by atoms with Crippen molar-refractivity contribution in [3.63, 3.8) is 0 Å². The van der Waals surface area contributed by atoms with E-state index in [-0.39, 0.29) is 26.9 Å². The highest BCUT2D eigenvalue weighted by atomic mass is 127. The molecule has 0 saturated carbocycles. The van der Waals surface area contributed by atoms with Crippen LogP contribution in [0.15, 0.2) is 29.6 Å². The highest BCUT2D eigenvalue weighted by molar-refractivity contribution is 14.1. The lowest BCUT2D eigenvalue weighted by Gasteiger charge is -2.22. The average Bonchev–Trinajstić information content (AvgIpc) is 2.92. The van der Waals surface area contributed by atoms with E-state index in [1.165, 1.54) is 12.1 Å². The molecule has 1 unspecified atom stereocenters. The summed E-state index contributed by atoms with van der Waals surface area (Å²) >= 11 is 3.33. The van der Waals surface area contributed by atoms with E-state index >= 15 is 0 Å². The van der Waals surface area contributed by atoms with Crippen LogP contribution in [0, 0.1) is 25.4 Å². The minimum atomic E-state index is -0.490. The lowest BCUT2D eigenvalue weighted by molar-refractivity contribution is -0.384. The van der Waals surface area contributed by atoms with E-state index in [4.69, 9.17) is 0 Å². The summed E-state index contributed by atoms with van der Waals surface area (Å²) in [6.45, 7) is 4.04. The third kappa shape index (κ3) is 3.70. The Kier molecular flexibility index (Phi) is 5.15. The van der Waals surface area contributed by atoms with Crippen LogP contribution in [0.4, 0.5) is 15.8 Å². The predicted octanol–water partition coefficient (Wildman–Crippen LogP) is 5.21. The van der Waals surface area contributed by atoms with Crippen LogP contribution in [0.1, 0.15) is 24.8 Å². The Labute approximate surface area is 139 Å². The normalized spacial score (nSPS) is 12.4. The number of nitro groups is 1. The van der Waals surface area contributed by atoms with E-state index in [1.807, 2.05) is 31.4 Å². The highest BCUT2D eigenvalue weighted by Gasteiger charge is 2.23. The number of nitrogens with one attached hydrogen (secondary N) is 1. The van der Waals surface area contributed by atoms with Gasteiger partial charge in [0.2, 0.25) is 0 Å². The number of nitro benzene ring substituents is 1. The van der Waals surface area contributed by atoms with Gasteiger partial charge in [0.05, 0.1) is 14.5 Å². The van der Waals surface area contributed by atoms with Crippen molar-refractivity contribution in [3.8, 4) is 0 Å².